The second-order valence-electron chi connectivity index (χ2n) is 4.44. The van der Waals surface area contributed by atoms with Gasteiger partial charge in [0, 0.05) is 24.4 Å². The largest absolute Gasteiger partial charge is 0.377 e. The van der Waals surface area contributed by atoms with Gasteiger partial charge in [0.25, 0.3) is 0 Å². The second-order valence-corrected chi connectivity index (χ2v) is 4.44. The Balaban J connectivity index is 2.15. The molecule has 1 fully saturated rings. The number of aromatic amines is 1. The zero-order valence-electron chi connectivity index (χ0n) is 8.97. The maximum atomic E-state index is 5.04. The molecule has 14 heavy (non-hydrogen) atoms. The van der Waals surface area contributed by atoms with E-state index in [-0.39, 0.29) is 0 Å². The molecule has 0 aromatic carbocycles. The summed E-state index contributed by atoms with van der Waals surface area (Å²) in [5.74, 6) is 0.940. The van der Waals surface area contributed by atoms with Crippen molar-refractivity contribution in [2.24, 2.45) is 0 Å². The van der Waals surface area contributed by atoms with Crippen molar-refractivity contribution in [1.82, 2.24) is 9.97 Å². The fraction of sp³-hybridized carbons (Fsp3) is 0.727. The maximum Gasteiger partial charge on any atom is 0.132 e. The van der Waals surface area contributed by atoms with Gasteiger partial charge in [0.2, 0.25) is 0 Å². The zero-order valence-corrected chi connectivity index (χ0v) is 8.97. The van der Waals surface area contributed by atoms with Gasteiger partial charge in [-0.2, -0.15) is 0 Å². The molecule has 0 bridgehead atoms. The molecule has 3 heteroatoms. The number of nitrogens with one attached hydrogen (secondary N) is 1. The predicted octanol–water partition coefficient (Wildman–Crippen LogP) is 2.39. The minimum Gasteiger partial charge on any atom is -0.377 e. The van der Waals surface area contributed by atoms with Crippen LogP contribution in [0.1, 0.15) is 44.1 Å². The number of imidazole rings is 1. The summed E-state index contributed by atoms with van der Waals surface area (Å²) < 4.78 is 5.04. The van der Waals surface area contributed by atoms with E-state index in [1.807, 2.05) is 6.20 Å². The van der Waals surface area contributed by atoms with Gasteiger partial charge in [-0.15, -0.1) is 0 Å². The monoisotopic (exact) mass is 194 g/mol. The van der Waals surface area contributed by atoms with Gasteiger partial charge in [-0.1, -0.05) is 19.8 Å². The average Bonchev–Trinajstić information content (AvgIpc) is 2.75. The Labute approximate surface area is 84.9 Å². The van der Waals surface area contributed by atoms with Crippen LogP contribution in [-0.4, -0.2) is 17.1 Å². The van der Waals surface area contributed by atoms with E-state index in [4.69, 9.17) is 4.74 Å². The Bertz CT molecular complexity index is 300. The first-order chi connectivity index (χ1) is 6.74. The third-order valence-corrected chi connectivity index (χ3v) is 3.27. The van der Waals surface area contributed by atoms with Crippen molar-refractivity contribution in [3.63, 3.8) is 0 Å². The van der Waals surface area contributed by atoms with E-state index in [0.29, 0.717) is 12.0 Å². The standard InChI is InChI=1S/C11H18N2O/c1-11(5-3-4-6-11)9-7-12-10(13-9)8-14-2/h7H,3-6,8H2,1-2H3,(H,12,13). The Hall–Kier alpha value is -0.830. The molecule has 0 amide bonds. The van der Waals surface area contributed by atoms with Crippen LogP contribution in [-0.2, 0) is 16.8 Å². The van der Waals surface area contributed by atoms with Crippen LogP contribution in [0.3, 0.4) is 0 Å². The highest BCUT2D eigenvalue weighted by Gasteiger charge is 2.32. The first-order valence-corrected chi connectivity index (χ1v) is 5.28. The quantitative estimate of drug-likeness (QED) is 0.802. The molecule has 1 saturated carbocycles. The topological polar surface area (TPSA) is 37.9 Å². The molecule has 1 N–H and O–H groups in total. The van der Waals surface area contributed by atoms with E-state index in [9.17, 15) is 0 Å². The van der Waals surface area contributed by atoms with Crippen molar-refractivity contribution in [3.05, 3.63) is 17.7 Å². The molecule has 0 unspecified atom stereocenters. The van der Waals surface area contributed by atoms with Gasteiger partial charge in [0.15, 0.2) is 0 Å². The first kappa shape index (κ1) is 9.71. The van der Waals surface area contributed by atoms with Crippen molar-refractivity contribution in [2.45, 2.75) is 44.6 Å². The number of rotatable bonds is 3. The lowest BCUT2D eigenvalue weighted by Crippen LogP contribution is -2.17. The van der Waals surface area contributed by atoms with Crippen LogP contribution in [0.15, 0.2) is 6.20 Å². The number of H-pyrrole nitrogens is 1. The van der Waals surface area contributed by atoms with Gasteiger partial charge in [-0.25, -0.2) is 4.98 Å². The van der Waals surface area contributed by atoms with Crippen molar-refractivity contribution >= 4 is 0 Å². The number of ether oxygens (including phenoxy) is 1. The van der Waals surface area contributed by atoms with Crippen LogP contribution in [0.5, 0.6) is 0 Å². The molecule has 0 radical (unpaired) electrons. The Morgan fingerprint density at radius 3 is 2.86 bits per heavy atom. The highest BCUT2D eigenvalue weighted by Crippen LogP contribution is 2.39. The summed E-state index contributed by atoms with van der Waals surface area (Å²) in [5.41, 5.74) is 1.61. The van der Waals surface area contributed by atoms with Crippen LogP contribution in [0.2, 0.25) is 0 Å². The molecule has 1 aromatic heterocycles. The number of nitrogens with zero attached hydrogens (tertiary/aromatic N) is 1. The number of hydrogen-bond donors (Lipinski definition) is 1. The SMILES string of the molecule is COCc1ncc(C2(C)CCCC2)[nH]1. The fourth-order valence-electron chi connectivity index (χ4n) is 2.30. The molecule has 0 aliphatic heterocycles. The number of aromatic nitrogens is 2. The van der Waals surface area contributed by atoms with E-state index in [0.717, 1.165) is 5.82 Å². The lowest BCUT2D eigenvalue weighted by atomic mass is 9.86. The van der Waals surface area contributed by atoms with E-state index in [1.54, 1.807) is 7.11 Å². The molecular formula is C11H18N2O. The van der Waals surface area contributed by atoms with Crippen molar-refractivity contribution in [1.29, 1.82) is 0 Å². The predicted molar refractivity (Wildman–Crippen MR) is 55.1 cm³/mol. The Kier molecular flexibility index (Phi) is 2.59. The van der Waals surface area contributed by atoms with Gasteiger partial charge >= 0.3 is 0 Å². The van der Waals surface area contributed by atoms with Crippen LogP contribution in [0, 0.1) is 0 Å². The maximum absolute atomic E-state index is 5.04. The zero-order chi connectivity index (χ0) is 10.0. The normalized spacial score (nSPS) is 20.1. The third-order valence-electron chi connectivity index (χ3n) is 3.27. The molecule has 1 aromatic rings. The minimum atomic E-state index is 0.332. The van der Waals surface area contributed by atoms with E-state index in [1.165, 1.54) is 31.4 Å². The molecular weight excluding hydrogens is 176 g/mol. The van der Waals surface area contributed by atoms with Crippen LogP contribution in [0.25, 0.3) is 0 Å². The summed E-state index contributed by atoms with van der Waals surface area (Å²) in [5, 5.41) is 0. The molecule has 1 heterocycles. The lowest BCUT2D eigenvalue weighted by Gasteiger charge is -2.21. The Morgan fingerprint density at radius 2 is 2.21 bits per heavy atom. The molecule has 78 valence electrons. The molecule has 3 nitrogen and oxygen atoms in total. The molecule has 2 rings (SSSR count). The lowest BCUT2D eigenvalue weighted by molar-refractivity contribution is 0.178. The highest BCUT2D eigenvalue weighted by atomic mass is 16.5. The van der Waals surface area contributed by atoms with Gasteiger partial charge in [-0.3, -0.25) is 0 Å². The van der Waals surface area contributed by atoms with Crippen LogP contribution < -0.4 is 0 Å². The molecule has 0 spiro atoms. The summed E-state index contributed by atoms with van der Waals surface area (Å²) in [4.78, 5) is 7.68. The summed E-state index contributed by atoms with van der Waals surface area (Å²) >= 11 is 0. The summed E-state index contributed by atoms with van der Waals surface area (Å²) in [6.45, 7) is 2.90. The minimum absolute atomic E-state index is 0.332. The van der Waals surface area contributed by atoms with Crippen LogP contribution in [0.4, 0.5) is 0 Å². The summed E-state index contributed by atoms with van der Waals surface area (Å²) in [6.07, 6.45) is 7.22. The van der Waals surface area contributed by atoms with E-state index >= 15 is 0 Å². The smallest absolute Gasteiger partial charge is 0.132 e. The molecule has 0 atom stereocenters. The average molecular weight is 194 g/mol. The Morgan fingerprint density at radius 1 is 1.50 bits per heavy atom. The van der Waals surface area contributed by atoms with E-state index in [2.05, 4.69) is 16.9 Å². The highest BCUT2D eigenvalue weighted by molar-refractivity contribution is 5.15. The molecule has 0 saturated heterocycles. The third kappa shape index (κ3) is 1.69. The fourth-order valence-corrected chi connectivity index (χ4v) is 2.30. The second kappa shape index (κ2) is 3.73. The van der Waals surface area contributed by atoms with Gasteiger partial charge in [0.1, 0.15) is 12.4 Å². The summed E-state index contributed by atoms with van der Waals surface area (Å²) in [6, 6.07) is 0. The first-order valence-electron chi connectivity index (χ1n) is 5.28. The summed E-state index contributed by atoms with van der Waals surface area (Å²) in [7, 11) is 1.69. The van der Waals surface area contributed by atoms with Gasteiger partial charge in [-0.05, 0) is 12.8 Å². The number of hydrogen-bond acceptors (Lipinski definition) is 2. The van der Waals surface area contributed by atoms with Gasteiger partial charge < -0.3 is 9.72 Å². The van der Waals surface area contributed by atoms with Gasteiger partial charge in [0.05, 0.1) is 0 Å². The van der Waals surface area contributed by atoms with Crippen LogP contribution >= 0.6 is 0 Å². The van der Waals surface area contributed by atoms with Crippen molar-refractivity contribution in [3.8, 4) is 0 Å². The molecule has 1 aliphatic carbocycles. The molecule has 1 aliphatic rings. The van der Waals surface area contributed by atoms with Crippen molar-refractivity contribution < 1.29 is 4.74 Å². The van der Waals surface area contributed by atoms with Crippen molar-refractivity contribution in [2.75, 3.05) is 7.11 Å². The number of methoxy groups -OCH3 is 1. The van der Waals surface area contributed by atoms with E-state index < -0.39 is 0 Å².